The Morgan fingerprint density at radius 3 is 2.29 bits per heavy atom. The highest BCUT2D eigenvalue weighted by Gasteiger charge is 2.13. The van der Waals surface area contributed by atoms with E-state index in [0.29, 0.717) is 6.42 Å². The Labute approximate surface area is 133 Å². The topological polar surface area (TPSA) is 38.3 Å². The molecule has 0 saturated heterocycles. The van der Waals surface area contributed by atoms with Gasteiger partial charge < -0.3 is 10.1 Å². The first kappa shape index (κ1) is 15.6. The zero-order chi connectivity index (χ0) is 15.2. The third-order valence-electron chi connectivity index (χ3n) is 3.19. The molecule has 0 heterocycles. The van der Waals surface area contributed by atoms with E-state index >= 15 is 0 Å². The number of methoxy groups -OCH3 is 1. The minimum absolute atomic E-state index is 0.0380. The predicted octanol–water partition coefficient (Wildman–Crippen LogP) is 4.59. The van der Waals surface area contributed by atoms with Crippen molar-refractivity contribution < 1.29 is 9.53 Å². The molecule has 0 amide bonds. The highest BCUT2D eigenvalue weighted by Crippen LogP contribution is 2.25. The summed E-state index contributed by atoms with van der Waals surface area (Å²) in [5.74, 6) is 0.969. The number of hydrogen-bond donors (Lipinski definition) is 1. The van der Waals surface area contributed by atoms with Gasteiger partial charge in [0.15, 0.2) is 0 Å². The number of carbonyl (C=O) groups is 1. The van der Waals surface area contributed by atoms with Crippen LogP contribution >= 0.6 is 15.9 Å². The fourth-order valence-electron chi connectivity index (χ4n) is 2.12. The number of nitrogens with one attached hydrogen (secondary N) is 1. The first-order valence-corrected chi connectivity index (χ1v) is 7.53. The molecule has 0 aliphatic rings. The first-order valence-electron chi connectivity index (χ1n) is 6.74. The Balaban J connectivity index is 2.19. The number of halogens is 1. The second kappa shape index (κ2) is 7.27. The maximum atomic E-state index is 11.5. The van der Waals surface area contributed by atoms with Crippen molar-refractivity contribution in [3.8, 4) is 5.75 Å². The molecule has 0 radical (unpaired) electrons. The van der Waals surface area contributed by atoms with Crippen molar-refractivity contribution in [2.24, 2.45) is 0 Å². The molecule has 0 aliphatic carbocycles. The van der Waals surface area contributed by atoms with Crippen molar-refractivity contribution in [3.63, 3.8) is 0 Å². The molecule has 0 aliphatic heterocycles. The molecular formula is C17H18BrNO2. The van der Waals surface area contributed by atoms with Gasteiger partial charge in [0.05, 0.1) is 13.2 Å². The molecule has 110 valence electrons. The number of ether oxygens (including phenoxy) is 1. The number of anilines is 1. The lowest BCUT2D eigenvalue weighted by Crippen LogP contribution is -2.14. The van der Waals surface area contributed by atoms with E-state index in [1.165, 1.54) is 0 Å². The van der Waals surface area contributed by atoms with Gasteiger partial charge in [0.1, 0.15) is 11.5 Å². The van der Waals surface area contributed by atoms with Crippen LogP contribution in [0.2, 0.25) is 0 Å². The van der Waals surface area contributed by atoms with Crippen molar-refractivity contribution in [2.45, 2.75) is 19.4 Å². The number of benzene rings is 2. The monoisotopic (exact) mass is 347 g/mol. The molecule has 2 rings (SSSR count). The SMILES string of the molecule is COc1ccc(N[C@@H](CC(C)=O)c2ccc(Br)cc2)cc1. The normalized spacial score (nSPS) is 11.8. The molecule has 0 spiro atoms. The standard InChI is InChI=1S/C17H18BrNO2/c1-12(20)11-17(13-3-5-14(18)6-4-13)19-15-7-9-16(21-2)10-8-15/h3-10,17,19H,11H2,1-2H3/t17-/m0/s1. The maximum absolute atomic E-state index is 11.5. The molecule has 0 fully saturated rings. The highest BCUT2D eigenvalue weighted by atomic mass is 79.9. The fourth-order valence-corrected chi connectivity index (χ4v) is 2.39. The van der Waals surface area contributed by atoms with Crippen LogP contribution in [-0.4, -0.2) is 12.9 Å². The van der Waals surface area contributed by atoms with E-state index < -0.39 is 0 Å². The summed E-state index contributed by atoms with van der Waals surface area (Å²) in [5, 5.41) is 3.41. The van der Waals surface area contributed by atoms with E-state index in [2.05, 4.69) is 21.2 Å². The van der Waals surface area contributed by atoms with Crippen LogP contribution in [0.1, 0.15) is 24.9 Å². The highest BCUT2D eigenvalue weighted by molar-refractivity contribution is 9.10. The molecule has 2 aromatic carbocycles. The van der Waals surface area contributed by atoms with E-state index in [0.717, 1.165) is 21.5 Å². The predicted molar refractivity (Wildman–Crippen MR) is 88.8 cm³/mol. The Hall–Kier alpha value is -1.81. The summed E-state index contributed by atoms with van der Waals surface area (Å²) in [7, 11) is 1.64. The molecule has 4 heteroatoms. The molecule has 0 aromatic heterocycles. The number of hydrogen-bond acceptors (Lipinski definition) is 3. The van der Waals surface area contributed by atoms with Gasteiger partial charge in [-0.15, -0.1) is 0 Å². The zero-order valence-electron chi connectivity index (χ0n) is 12.1. The lowest BCUT2D eigenvalue weighted by Gasteiger charge is -2.19. The minimum Gasteiger partial charge on any atom is -0.497 e. The van der Waals surface area contributed by atoms with Crippen LogP contribution in [0, 0.1) is 0 Å². The van der Waals surface area contributed by atoms with E-state index in [4.69, 9.17) is 4.74 Å². The van der Waals surface area contributed by atoms with Crippen LogP contribution in [0.5, 0.6) is 5.75 Å². The van der Waals surface area contributed by atoms with Gasteiger partial charge in [-0.05, 0) is 48.9 Å². The van der Waals surface area contributed by atoms with Gasteiger partial charge in [0.25, 0.3) is 0 Å². The van der Waals surface area contributed by atoms with E-state index in [1.54, 1.807) is 14.0 Å². The largest absolute Gasteiger partial charge is 0.497 e. The van der Waals surface area contributed by atoms with Gasteiger partial charge >= 0.3 is 0 Å². The molecule has 0 saturated carbocycles. The van der Waals surface area contributed by atoms with Gasteiger partial charge in [0.2, 0.25) is 0 Å². The summed E-state index contributed by atoms with van der Waals surface area (Å²) in [5.41, 5.74) is 2.05. The van der Waals surface area contributed by atoms with Crippen LogP contribution < -0.4 is 10.1 Å². The quantitative estimate of drug-likeness (QED) is 0.830. The van der Waals surface area contributed by atoms with Crippen LogP contribution in [0.15, 0.2) is 53.0 Å². The molecule has 21 heavy (non-hydrogen) atoms. The number of ketones is 1. The first-order chi connectivity index (χ1) is 10.1. The molecule has 0 unspecified atom stereocenters. The van der Waals surface area contributed by atoms with Crippen LogP contribution in [0.3, 0.4) is 0 Å². The average Bonchev–Trinajstić information content (AvgIpc) is 2.48. The van der Waals surface area contributed by atoms with Crippen LogP contribution in [-0.2, 0) is 4.79 Å². The van der Waals surface area contributed by atoms with Gasteiger partial charge in [0, 0.05) is 16.6 Å². The number of Topliss-reactive ketones (excluding diaryl/α,β-unsaturated/α-hetero) is 1. The molecule has 2 aromatic rings. The van der Waals surface area contributed by atoms with E-state index in [1.807, 2.05) is 48.5 Å². The Morgan fingerprint density at radius 1 is 1.14 bits per heavy atom. The van der Waals surface area contributed by atoms with Crippen LogP contribution in [0.25, 0.3) is 0 Å². The number of rotatable bonds is 6. The van der Waals surface area contributed by atoms with Gasteiger partial charge in [-0.1, -0.05) is 28.1 Å². The van der Waals surface area contributed by atoms with Crippen molar-refractivity contribution in [1.82, 2.24) is 0 Å². The van der Waals surface area contributed by atoms with Crippen molar-refractivity contribution in [2.75, 3.05) is 12.4 Å². The molecule has 1 atom stereocenters. The minimum atomic E-state index is -0.0380. The van der Waals surface area contributed by atoms with E-state index in [-0.39, 0.29) is 11.8 Å². The molecular weight excluding hydrogens is 330 g/mol. The van der Waals surface area contributed by atoms with Gasteiger partial charge in [-0.3, -0.25) is 4.79 Å². The summed E-state index contributed by atoms with van der Waals surface area (Å²) >= 11 is 3.43. The second-order valence-corrected chi connectivity index (χ2v) is 5.80. The lowest BCUT2D eigenvalue weighted by atomic mass is 10.0. The third kappa shape index (κ3) is 4.60. The van der Waals surface area contributed by atoms with Gasteiger partial charge in [-0.2, -0.15) is 0 Å². The van der Waals surface area contributed by atoms with Crippen molar-refractivity contribution >= 4 is 27.4 Å². The summed E-state index contributed by atoms with van der Waals surface area (Å²) in [4.78, 5) is 11.5. The van der Waals surface area contributed by atoms with Crippen molar-refractivity contribution in [1.29, 1.82) is 0 Å². The summed E-state index contributed by atoms with van der Waals surface area (Å²) in [6.07, 6.45) is 0.452. The summed E-state index contributed by atoms with van der Waals surface area (Å²) in [6.45, 7) is 1.61. The summed E-state index contributed by atoms with van der Waals surface area (Å²) in [6, 6.07) is 15.7. The molecule has 3 nitrogen and oxygen atoms in total. The van der Waals surface area contributed by atoms with Crippen LogP contribution in [0.4, 0.5) is 5.69 Å². The Morgan fingerprint density at radius 2 is 1.76 bits per heavy atom. The smallest absolute Gasteiger partial charge is 0.132 e. The number of carbonyl (C=O) groups excluding carboxylic acids is 1. The second-order valence-electron chi connectivity index (χ2n) is 4.88. The summed E-state index contributed by atoms with van der Waals surface area (Å²) < 4.78 is 6.17. The third-order valence-corrected chi connectivity index (χ3v) is 3.72. The Bertz CT molecular complexity index is 593. The van der Waals surface area contributed by atoms with E-state index in [9.17, 15) is 4.79 Å². The maximum Gasteiger partial charge on any atom is 0.132 e. The fraction of sp³-hybridized carbons (Fsp3) is 0.235. The average molecular weight is 348 g/mol. The zero-order valence-corrected chi connectivity index (χ0v) is 13.7. The lowest BCUT2D eigenvalue weighted by molar-refractivity contribution is -0.117. The van der Waals surface area contributed by atoms with Crippen molar-refractivity contribution in [3.05, 3.63) is 58.6 Å². The molecule has 0 bridgehead atoms. The Kier molecular flexibility index (Phi) is 5.39. The van der Waals surface area contributed by atoms with Gasteiger partial charge in [-0.25, -0.2) is 0 Å². The molecule has 1 N–H and O–H groups in total.